The molecule has 0 radical (unpaired) electrons. The summed E-state index contributed by atoms with van der Waals surface area (Å²) in [4.78, 5) is 0. The number of rotatable bonds is 3. The van der Waals surface area contributed by atoms with Crippen LogP contribution in [0, 0.1) is 0 Å². The average molecular weight is 263 g/mol. The van der Waals surface area contributed by atoms with E-state index in [4.69, 9.17) is 0 Å². The van der Waals surface area contributed by atoms with E-state index < -0.39 is 0 Å². The molecule has 2 unspecified atom stereocenters. The summed E-state index contributed by atoms with van der Waals surface area (Å²) in [6, 6.07) is 18.4. The summed E-state index contributed by atoms with van der Waals surface area (Å²) in [6.45, 7) is 1.12. The third kappa shape index (κ3) is 2.06. The average Bonchev–Trinajstić information content (AvgIpc) is 2.48. The van der Waals surface area contributed by atoms with Gasteiger partial charge in [-0.25, -0.2) is 0 Å². The van der Waals surface area contributed by atoms with Crippen molar-refractivity contribution in [1.29, 1.82) is 0 Å². The molecule has 0 saturated heterocycles. The van der Waals surface area contributed by atoms with Crippen LogP contribution in [0.15, 0.2) is 48.5 Å². The van der Waals surface area contributed by atoms with Crippen LogP contribution in [0.1, 0.15) is 47.1 Å². The molecular formula is C19H21N. The minimum Gasteiger partial charge on any atom is -0.309 e. The molecule has 0 amide bonds. The van der Waals surface area contributed by atoms with E-state index in [9.17, 15) is 0 Å². The molecule has 1 N–H and O–H groups in total. The van der Waals surface area contributed by atoms with Crippen LogP contribution < -0.4 is 5.32 Å². The van der Waals surface area contributed by atoms with Gasteiger partial charge in [-0.3, -0.25) is 0 Å². The zero-order valence-electron chi connectivity index (χ0n) is 11.8. The Bertz CT molecular complexity index is 617. The van der Waals surface area contributed by atoms with Gasteiger partial charge in [0.1, 0.15) is 0 Å². The fourth-order valence-electron chi connectivity index (χ4n) is 3.80. The predicted octanol–water partition coefficient (Wildman–Crippen LogP) is 3.99. The summed E-state index contributed by atoms with van der Waals surface area (Å²) < 4.78 is 0. The molecule has 0 aliphatic heterocycles. The maximum Gasteiger partial charge on any atom is 0.0323 e. The van der Waals surface area contributed by atoms with Crippen LogP contribution in [0.5, 0.6) is 0 Å². The van der Waals surface area contributed by atoms with Gasteiger partial charge in [0.25, 0.3) is 0 Å². The van der Waals surface area contributed by atoms with Crippen molar-refractivity contribution in [3.63, 3.8) is 0 Å². The van der Waals surface area contributed by atoms with E-state index in [-0.39, 0.29) is 0 Å². The monoisotopic (exact) mass is 263 g/mol. The third-order valence-electron chi connectivity index (χ3n) is 4.94. The summed E-state index contributed by atoms with van der Waals surface area (Å²) >= 11 is 0. The van der Waals surface area contributed by atoms with E-state index in [1.54, 1.807) is 16.7 Å². The van der Waals surface area contributed by atoms with Gasteiger partial charge in [0, 0.05) is 18.5 Å². The molecule has 0 fully saturated rings. The van der Waals surface area contributed by atoms with E-state index in [0.717, 1.165) is 12.5 Å². The van der Waals surface area contributed by atoms with Gasteiger partial charge in [-0.05, 0) is 47.9 Å². The molecule has 0 bridgehead atoms. The van der Waals surface area contributed by atoms with Crippen molar-refractivity contribution in [2.75, 3.05) is 6.54 Å². The molecular weight excluding hydrogens is 242 g/mol. The molecule has 102 valence electrons. The molecule has 2 aromatic rings. The summed E-state index contributed by atoms with van der Waals surface area (Å²) in [5.41, 5.74) is 6.18. The molecule has 1 nitrogen and oxygen atoms in total. The summed E-state index contributed by atoms with van der Waals surface area (Å²) in [6.07, 6.45) is 5.10. The highest BCUT2D eigenvalue weighted by Gasteiger charge is 2.27. The maximum absolute atomic E-state index is 3.82. The second kappa shape index (κ2) is 5.06. The summed E-state index contributed by atoms with van der Waals surface area (Å²) in [5.74, 6) is 0.722. The Balaban J connectivity index is 1.45. The van der Waals surface area contributed by atoms with Crippen LogP contribution in [0.4, 0.5) is 0 Å². The molecule has 1 heteroatoms. The van der Waals surface area contributed by atoms with Crippen molar-refractivity contribution < 1.29 is 0 Å². The molecule has 2 atom stereocenters. The van der Waals surface area contributed by atoms with Gasteiger partial charge in [0.05, 0.1) is 0 Å². The smallest absolute Gasteiger partial charge is 0.0323 e. The van der Waals surface area contributed by atoms with Crippen molar-refractivity contribution in [3.05, 3.63) is 70.8 Å². The first-order valence-electron chi connectivity index (χ1n) is 7.81. The van der Waals surface area contributed by atoms with Gasteiger partial charge in [-0.1, -0.05) is 48.5 Å². The van der Waals surface area contributed by atoms with Gasteiger partial charge in [-0.15, -0.1) is 0 Å². The van der Waals surface area contributed by atoms with E-state index in [2.05, 4.69) is 53.8 Å². The minimum absolute atomic E-state index is 0.563. The first-order valence-corrected chi connectivity index (χ1v) is 7.81. The number of benzene rings is 2. The van der Waals surface area contributed by atoms with Crippen LogP contribution >= 0.6 is 0 Å². The van der Waals surface area contributed by atoms with Crippen molar-refractivity contribution in [2.24, 2.45) is 0 Å². The molecule has 2 aromatic carbocycles. The Hall–Kier alpha value is -1.60. The second-order valence-electron chi connectivity index (χ2n) is 6.15. The number of fused-ring (bicyclic) bond motifs is 2. The molecule has 2 aliphatic rings. The first-order chi connectivity index (χ1) is 9.92. The van der Waals surface area contributed by atoms with Crippen molar-refractivity contribution in [2.45, 2.75) is 37.6 Å². The Kier molecular flexibility index (Phi) is 3.08. The van der Waals surface area contributed by atoms with Crippen LogP contribution in [0.25, 0.3) is 0 Å². The standard InChI is InChI=1S/C19H21N/c1-4-10-18-14(6-1)8-5-11-19(18)20-13-16-12-15-7-2-3-9-17(15)16/h1-4,6-7,9-10,16,19-20H,5,8,11-13H2. The number of hydrogen-bond acceptors (Lipinski definition) is 1. The van der Waals surface area contributed by atoms with E-state index in [1.807, 2.05) is 0 Å². The third-order valence-corrected chi connectivity index (χ3v) is 4.94. The van der Waals surface area contributed by atoms with Crippen LogP contribution in [-0.2, 0) is 12.8 Å². The normalized spacial score (nSPS) is 23.6. The Morgan fingerprint density at radius 1 is 0.900 bits per heavy atom. The van der Waals surface area contributed by atoms with E-state index in [1.165, 1.54) is 31.2 Å². The van der Waals surface area contributed by atoms with Gasteiger partial charge in [0.2, 0.25) is 0 Å². The number of nitrogens with one attached hydrogen (secondary N) is 1. The van der Waals surface area contributed by atoms with Crippen LogP contribution in [0.2, 0.25) is 0 Å². The summed E-state index contributed by atoms with van der Waals surface area (Å²) in [7, 11) is 0. The molecule has 0 saturated carbocycles. The molecule has 20 heavy (non-hydrogen) atoms. The Morgan fingerprint density at radius 2 is 1.65 bits per heavy atom. The maximum atomic E-state index is 3.82. The van der Waals surface area contributed by atoms with E-state index >= 15 is 0 Å². The zero-order chi connectivity index (χ0) is 13.4. The Morgan fingerprint density at radius 3 is 2.50 bits per heavy atom. The SMILES string of the molecule is c1ccc2c(c1)CC2CNC1CCCc2ccccc21. The Labute approximate surface area is 121 Å². The van der Waals surface area contributed by atoms with Crippen molar-refractivity contribution in [1.82, 2.24) is 5.32 Å². The fourth-order valence-corrected chi connectivity index (χ4v) is 3.80. The lowest BCUT2D eigenvalue weighted by atomic mass is 9.77. The van der Waals surface area contributed by atoms with Crippen LogP contribution in [-0.4, -0.2) is 6.54 Å². The lowest BCUT2D eigenvalue weighted by Crippen LogP contribution is -2.33. The highest BCUT2D eigenvalue weighted by atomic mass is 14.9. The number of aryl methyl sites for hydroxylation is 1. The van der Waals surface area contributed by atoms with E-state index in [0.29, 0.717) is 6.04 Å². The lowest BCUT2D eigenvalue weighted by Gasteiger charge is -2.33. The minimum atomic E-state index is 0.563. The van der Waals surface area contributed by atoms with Crippen molar-refractivity contribution >= 4 is 0 Å². The molecule has 0 spiro atoms. The zero-order valence-corrected chi connectivity index (χ0v) is 11.8. The number of hydrogen-bond donors (Lipinski definition) is 1. The second-order valence-corrected chi connectivity index (χ2v) is 6.15. The largest absolute Gasteiger partial charge is 0.309 e. The summed E-state index contributed by atoms with van der Waals surface area (Å²) in [5, 5.41) is 3.82. The molecule has 2 aliphatic carbocycles. The highest BCUT2D eigenvalue weighted by Crippen LogP contribution is 2.35. The molecule has 4 rings (SSSR count). The van der Waals surface area contributed by atoms with Crippen LogP contribution in [0.3, 0.4) is 0 Å². The fraction of sp³-hybridized carbons (Fsp3) is 0.368. The van der Waals surface area contributed by atoms with Gasteiger partial charge < -0.3 is 5.32 Å². The van der Waals surface area contributed by atoms with Gasteiger partial charge in [-0.2, -0.15) is 0 Å². The predicted molar refractivity (Wildman–Crippen MR) is 83.0 cm³/mol. The first kappa shape index (κ1) is 12.2. The highest BCUT2D eigenvalue weighted by molar-refractivity contribution is 5.40. The van der Waals surface area contributed by atoms with Crippen molar-refractivity contribution in [3.8, 4) is 0 Å². The molecule has 0 heterocycles. The lowest BCUT2D eigenvalue weighted by molar-refractivity contribution is 0.425. The van der Waals surface area contributed by atoms with Gasteiger partial charge in [0.15, 0.2) is 0 Å². The quantitative estimate of drug-likeness (QED) is 0.882. The molecule has 0 aromatic heterocycles. The van der Waals surface area contributed by atoms with Gasteiger partial charge >= 0.3 is 0 Å². The topological polar surface area (TPSA) is 12.0 Å².